The van der Waals surface area contributed by atoms with Crippen LogP contribution in [-0.4, -0.2) is 69.6 Å². The summed E-state index contributed by atoms with van der Waals surface area (Å²) in [5.41, 5.74) is 0. The Bertz CT molecular complexity index is 588. The Labute approximate surface area is 132 Å². The molecular weight excluding hydrogens is 306 g/mol. The Morgan fingerprint density at radius 3 is 2.64 bits per heavy atom. The zero-order valence-electron chi connectivity index (χ0n) is 12.8. The molecule has 0 bridgehead atoms. The fourth-order valence-electron chi connectivity index (χ4n) is 2.15. The average Bonchev–Trinajstić information content (AvgIpc) is 2.97. The predicted molar refractivity (Wildman–Crippen MR) is 81.3 cm³/mol. The number of hydrogen-bond donors (Lipinski definition) is 1. The maximum atomic E-state index is 11.9. The zero-order valence-corrected chi connectivity index (χ0v) is 13.6. The van der Waals surface area contributed by atoms with Gasteiger partial charge in [0.2, 0.25) is 5.91 Å². The third-order valence-corrected chi connectivity index (χ3v) is 4.54. The van der Waals surface area contributed by atoms with Crippen LogP contribution in [-0.2, 0) is 16.6 Å². The summed E-state index contributed by atoms with van der Waals surface area (Å²) in [7, 11) is 4.85. The van der Waals surface area contributed by atoms with E-state index in [-0.39, 0.29) is 24.3 Å². The van der Waals surface area contributed by atoms with Crippen LogP contribution >= 0.6 is 11.8 Å². The van der Waals surface area contributed by atoms with Crippen molar-refractivity contribution in [1.82, 2.24) is 24.7 Å². The van der Waals surface area contributed by atoms with Gasteiger partial charge in [-0.3, -0.25) is 14.5 Å². The lowest BCUT2D eigenvalue weighted by Gasteiger charge is -2.15. The van der Waals surface area contributed by atoms with E-state index in [1.54, 1.807) is 6.20 Å². The Kier molecular flexibility index (Phi) is 5.07. The molecule has 0 unspecified atom stereocenters. The first-order chi connectivity index (χ1) is 10.4. The van der Waals surface area contributed by atoms with Gasteiger partial charge in [-0.1, -0.05) is 11.8 Å². The van der Waals surface area contributed by atoms with Crippen LogP contribution < -0.4 is 5.32 Å². The molecule has 1 aliphatic heterocycles. The number of nitrogens with zero attached hydrogens (tertiary/aromatic N) is 4. The van der Waals surface area contributed by atoms with Gasteiger partial charge in [-0.25, -0.2) is 9.78 Å². The van der Waals surface area contributed by atoms with Crippen molar-refractivity contribution in [2.75, 3.05) is 26.4 Å². The van der Waals surface area contributed by atoms with Crippen molar-refractivity contribution in [2.45, 2.75) is 17.6 Å². The number of carbonyl (C=O) groups excluding carboxylic acids is 3. The fraction of sp³-hybridized carbons (Fsp3) is 0.538. The third-order valence-electron chi connectivity index (χ3n) is 3.48. The highest BCUT2D eigenvalue weighted by molar-refractivity contribution is 7.99. The summed E-state index contributed by atoms with van der Waals surface area (Å²) in [6.45, 7) is 0.477. The van der Waals surface area contributed by atoms with Crippen LogP contribution in [0.1, 0.15) is 6.42 Å². The molecule has 9 heteroatoms. The summed E-state index contributed by atoms with van der Waals surface area (Å²) in [5, 5.41) is 3.64. The number of aromatic nitrogens is 2. The Balaban J connectivity index is 1.73. The number of urea groups is 1. The van der Waals surface area contributed by atoms with Gasteiger partial charge in [-0.05, 0) is 0 Å². The van der Waals surface area contributed by atoms with E-state index in [2.05, 4.69) is 10.3 Å². The van der Waals surface area contributed by atoms with Crippen molar-refractivity contribution in [1.29, 1.82) is 0 Å². The van der Waals surface area contributed by atoms with E-state index in [4.69, 9.17) is 0 Å². The van der Waals surface area contributed by atoms with E-state index in [1.807, 2.05) is 17.8 Å². The van der Waals surface area contributed by atoms with Crippen molar-refractivity contribution in [3.8, 4) is 0 Å². The van der Waals surface area contributed by atoms with E-state index in [0.717, 1.165) is 10.1 Å². The molecule has 120 valence electrons. The molecule has 4 amide bonds. The molecule has 2 heterocycles. The molecular formula is C13H19N5O3S. The van der Waals surface area contributed by atoms with Crippen LogP contribution in [0.3, 0.4) is 0 Å². The molecule has 22 heavy (non-hydrogen) atoms. The molecule has 0 spiro atoms. The maximum absolute atomic E-state index is 11.9. The van der Waals surface area contributed by atoms with Gasteiger partial charge < -0.3 is 14.8 Å². The highest BCUT2D eigenvalue weighted by Gasteiger charge is 2.41. The summed E-state index contributed by atoms with van der Waals surface area (Å²) in [5.74, 6) is 0.0999. The van der Waals surface area contributed by atoms with Gasteiger partial charge in [-0.15, -0.1) is 0 Å². The lowest BCUT2D eigenvalue weighted by atomic mass is 10.2. The maximum Gasteiger partial charge on any atom is 0.326 e. The summed E-state index contributed by atoms with van der Waals surface area (Å²) >= 11 is 1.54. The molecule has 1 aromatic heterocycles. The smallest absolute Gasteiger partial charge is 0.326 e. The Morgan fingerprint density at radius 2 is 2.09 bits per heavy atom. The number of imide groups is 1. The lowest BCUT2D eigenvalue weighted by Crippen LogP contribution is -2.38. The second-order valence-electron chi connectivity index (χ2n) is 5.03. The van der Waals surface area contributed by atoms with Crippen LogP contribution in [0.15, 0.2) is 17.6 Å². The van der Waals surface area contributed by atoms with E-state index >= 15 is 0 Å². The van der Waals surface area contributed by atoms with E-state index in [0.29, 0.717) is 12.3 Å². The highest BCUT2D eigenvalue weighted by Crippen LogP contribution is 2.16. The number of rotatable bonds is 6. The second kappa shape index (κ2) is 6.82. The molecule has 8 nitrogen and oxygen atoms in total. The largest absolute Gasteiger partial charge is 0.355 e. The van der Waals surface area contributed by atoms with Crippen LogP contribution in [0.25, 0.3) is 0 Å². The fourth-order valence-corrected chi connectivity index (χ4v) is 2.94. The van der Waals surface area contributed by atoms with Crippen molar-refractivity contribution in [3.05, 3.63) is 12.4 Å². The molecule has 0 radical (unpaired) electrons. The number of aryl methyl sites for hydroxylation is 1. The SMILES string of the molecule is CN1C(=O)[C@H](CC(=O)NCCSc2nccn2C)N(C)C1=O. The van der Waals surface area contributed by atoms with Crippen LogP contribution in [0.5, 0.6) is 0 Å². The minimum absolute atomic E-state index is 0.0154. The van der Waals surface area contributed by atoms with Gasteiger partial charge in [0.15, 0.2) is 5.16 Å². The molecule has 1 N–H and O–H groups in total. The van der Waals surface area contributed by atoms with E-state index in [1.165, 1.54) is 30.8 Å². The molecule has 0 aliphatic carbocycles. The van der Waals surface area contributed by atoms with E-state index in [9.17, 15) is 14.4 Å². The van der Waals surface area contributed by atoms with Crippen molar-refractivity contribution < 1.29 is 14.4 Å². The summed E-state index contributed by atoms with van der Waals surface area (Å²) < 4.78 is 1.90. The monoisotopic (exact) mass is 325 g/mol. The van der Waals surface area contributed by atoms with Gasteiger partial charge in [0.05, 0.1) is 6.42 Å². The Morgan fingerprint density at radius 1 is 1.36 bits per heavy atom. The van der Waals surface area contributed by atoms with Crippen LogP contribution in [0.2, 0.25) is 0 Å². The first kappa shape index (κ1) is 16.3. The average molecular weight is 325 g/mol. The molecule has 1 fully saturated rings. The minimum atomic E-state index is -0.709. The van der Waals surface area contributed by atoms with Crippen molar-refractivity contribution in [3.63, 3.8) is 0 Å². The molecule has 1 aromatic rings. The van der Waals surface area contributed by atoms with Gasteiger partial charge in [-0.2, -0.15) is 0 Å². The minimum Gasteiger partial charge on any atom is -0.355 e. The van der Waals surface area contributed by atoms with Gasteiger partial charge >= 0.3 is 6.03 Å². The van der Waals surface area contributed by atoms with Crippen LogP contribution in [0, 0.1) is 0 Å². The van der Waals surface area contributed by atoms with Gasteiger partial charge in [0, 0.05) is 45.8 Å². The number of nitrogens with one attached hydrogen (secondary N) is 1. The lowest BCUT2D eigenvalue weighted by molar-refractivity contribution is -0.131. The number of likely N-dealkylation sites (N-methyl/N-ethyl adjacent to an activating group) is 2. The quantitative estimate of drug-likeness (QED) is 0.449. The first-order valence-electron chi connectivity index (χ1n) is 6.83. The molecule has 1 saturated heterocycles. The third kappa shape index (κ3) is 3.41. The normalized spacial score (nSPS) is 18.2. The topological polar surface area (TPSA) is 87.5 Å². The van der Waals surface area contributed by atoms with Crippen molar-refractivity contribution >= 4 is 29.6 Å². The molecule has 1 atom stereocenters. The molecule has 1 aliphatic rings. The van der Waals surface area contributed by atoms with Crippen molar-refractivity contribution in [2.24, 2.45) is 7.05 Å². The highest BCUT2D eigenvalue weighted by atomic mass is 32.2. The summed E-state index contributed by atoms with van der Waals surface area (Å²) in [6.07, 6.45) is 3.56. The zero-order chi connectivity index (χ0) is 16.3. The van der Waals surface area contributed by atoms with E-state index < -0.39 is 6.04 Å². The molecule has 0 saturated carbocycles. The van der Waals surface area contributed by atoms with Gasteiger partial charge in [0.1, 0.15) is 6.04 Å². The number of amides is 4. The summed E-state index contributed by atoms with van der Waals surface area (Å²) in [6, 6.07) is -1.09. The van der Waals surface area contributed by atoms with Crippen LogP contribution in [0.4, 0.5) is 4.79 Å². The number of hydrogen-bond acceptors (Lipinski definition) is 5. The Hall–Kier alpha value is -2.03. The standard InChI is InChI=1S/C13H19N5O3S/c1-16-6-4-15-12(16)22-7-5-14-10(19)8-9-11(20)18(3)13(21)17(9)2/h4,6,9H,5,7-8H2,1-3H3,(H,14,19)/t9-/m0/s1. The number of thioether (sulfide) groups is 1. The number of imidazole rings is 1. The summed E-state index contributed by atoms with van der Waals surface area (Å²) in [4.78, 5) is 41.9. The first-order valence-corrected chi connectivity index (χ1v) is 7.81. The second-order valence-corrected chi connectivity index (χ2v) is 6.09. The predicted octanol–water partition coefficient (Wildman–Crippen LogP) is -0.0891. The number of carbonyl (C=O) groups is 3. The van der Waals surface area contributed by atoms with Gasteiger partial charge in [0.25, 0.3) is 5.91 Å². The molecule has 2 rings (SSSR count). The molecule has 0 aromatic carbocycles.